The summed E-state index contributed by atoms with van der Waals surface area (Å²) in [5.41, 5.74) is 2.77. The van der Waals surface area contributed by atoms with Crippen LogP contribution in [0, 0.1) is 6.92 Å². The molecule has 0 bridgehead atoms. The minimum Gasteiger partial charge on any atom is -0.417 e. The van der Waals surface area contributed by atoms with E-state index in [2.05, 4.69) is 55.1 Å². The highest BCUT2D eigenvalue weighted by Crippen LogP contribution is 2.32. The molecule has 5 rings (SSSR count). The van der Waals surface area contributed by atoms with Gasteiger partial charge in [0, 0.05) is 10.5 Å². The molecule has 0 saturated carbocycles. The first kappa shape index (κ1) is 23.0. The monoisotopic (exact) mass is 545 g/mol. The largest absolute Gasteiger partial charge is 0.417 e. The van der Waals surface area contributed by atoms with Gasteiger partial charge in [0.1, 0.15) is 0 Å². The average Bonchev–Trinajstić information content (AvgIpc) is 3.33. The Morgan fingerprint density at radius 1 is 0.857 bits per heavy atom. The smallest absolute Gasteiger partial charge is 0.261 e. The Morgan fingerprint density at radius 2 is 1.63 bits per heavy atom. The highest BCUT2D eigenvalue weighted by atomic mass is 79.9. The first-order valence-corrected chi connectivity index (χ1v) is 13.0. The van der Waals surface area contributed by atoms with Gasteiger partial charge in [-0.15, -0.1) is 10.2 Å². The summed E-state index contributed by atoms with van der Waals surface area (Å²) in [5.74, 6) is 0.506. The maximum Gasteiger partial charge on any atom is 0.261 e. The molecular weight excluding hydrogens is 526 g/mol. The third-order valence-corrected chi connectivity index (χ3v) is 7.29. The molecule has 0 atom stereocenters. The van der Waals surface area contributed by atoms with Crippen LogP contribution >= 0.6 is 15.9 Å². The molecule has 4 aromatic carbocycles. The van der Waals surface area contributed by atoms with E-state index in [-0.39, 0.29) is 10.8 Å². The zero-order valence-electron chi connectivity index (χ0n) is 18.6. The quantitative estimate of drug-likeness (QED) is 0.250. The van der Waals surface area contributed by atoms with E-state index in [0.29, 0.717) is 17.1 Å². The second-order valence-electron chi connectivity index (χ2n) is 7.99. The van der Waals surface area contributed by atoms with Crippen molar-refractivity contribution >= 4 is 54.6 Å². The Labute approximate surface area is 211 Å². The molecule has 1 aromatic heterocycles. The van der Waals surface area contributed by atoms with E-state index in [1.54, 1.807) is 48.5 Å². The summed E-state index contributed by atoms with van der Waals surface area (Å²) < 4.78 is 35.1. The van der Waals surface area contributed by atoms with Crippen molar-refractivity contribution < 1.29 is 12.8 Å². The fraction of sp³-hybridized carbons (Fsp3) is 0.0370. The summed E-state index contributed by atoms with van der Waals surface area (Å²) in [6, 6.07) is 26.1. The average molecular weight is 546 g/mol. The number of benzene rings is 4. The maximum absolute atomic E-state index is 12.9. The third-order valence-electron chi connectivity index (χ3n) is 5.42. The lowest BCUT2D eigenvalue weighted by Crippen LogP contribution is -2.13. The van der Waals surface area contributed by atoms with E-state index in [1.165, 1.54) is 5.39 Å². The molecule has 1 heterocycles. The van der Waals surface area contributed by atoms with Crippen LogP contribution in [-0.4, -0.2) is 18.6 Å². The number of aromatic nitrogens is 2. The Hall–Kier alpha value is -3.75. The van der Waals surface area contributed by atoms with Gasteiger partial charge in [-0.2, -0.15) is 0 Å². The van der Waals surface area contributed by atoms with Gasteiger partial charge in [-0.3, -0.25) is 4.72 Å². The predicted octanol–water partition coefficient (Wildman–Crippen LogP) is 6.93. The van der Waals surface area contributed by atoms with Crippen LogP contribution in [0.4, 0.5) is 5.69 Å². The van der Waals surface area contributed by atoms with Gasteiger partial charge in [-0.25, -0.2) is 8.42 Å². The Balaban J connectivity index is 1.42. The first-order valence-electron chi connectivity index (χ1n) is 10.8. The zero-order chi connectivity index (χ0) is 24.4. The van der Waals surface area contributed by atoms with Gasteiger partial charge in [0.15, 0.2) is 0 Å². The molecule has 1 N–H and O–H groups in total. The van der Waals surface area contributed by atoms with Crippen molar-refractivity contribution in [2.45, 2.75) is 11.8 Å². The van der Waals surface area contributed by atoms with E-state index in [1.807, 2.05) is 31.2 Å². The number of nitrogens with zero attached hydrogens (tertiary/aromatic N) is 2. The van der Waals surface area contributed by atoms with Crippen LogP contribution in [0.2, 0.25) is 0 Å². The molecule has 0 aliphatic rings. The number of hydrogen-bond donors (Lipinski definition) is 1. The first-order chi connectivity index (χ1) is 16.9. The highest BCUT2D eigenvalue weighted by molar-refractivity contribution is 9.10. The van der Waals surface area contributed by atoms with Crippen LogP contribution in [0.5, 0.6) is 0 Å². The van der Waals surface area contributed by atoms with E-state index in [9.17, 15) is 8.42 Å². The molecule has 0 saturated heterocycles. The van der Waals surface area contributed by atoms with Crippen molar-refractivity contribution in [3.05, 3.63) is 106 Å². The van der Waals surface area contributed by atoms with Gasteiger partial charge in [0.05, 0.1) is 16.1 Å². The number of halogens is 1. The number of sulfonamides is 1. The maximum atomic E-state index is 12.9. The topological polar surface area (TPSA) is 85.1 Å². The summed E-state index contributed by atoms with van der Waals surface area (Å²) in [4.78, 5) is 0.168. The fourth-order valence-electron chi connectivity index (χ4n) is 3.59. The summed E-state index contributed by atoms with van der Waals surface area (Å²) in [6.07, 6.45) is 3.63. The fourth-order valence-corrected chi connectivity index (χ4v) is 5.03. The molecule has 0 aliphatic carbocycles. The molecule has 0 amide bonds. The van der Waals surface area contributed by atoms with Crippen LogP contribution in [-0.2, 0) is 10.0 Å². The number of anilines is 1. The summed E-state index contributed by atoms with van der Waals surface area (Å²) >= 11 is 3.43. The lowest BCUT2D eigenvalue weighted by molar-refractivity contribution is 0.558. The van der Waals surface area contributed by atoms with Crippen molar-refractivity contribution in [3.63, 3.8) is 0 Å². The minimum atomic E-state index is -3.80. The molecule has 35 heavy (non-hydrogen) atoms. The lowest BCUT2D eigenvalue weighted by atomic mass is 10.1. The number of aryl methyl sites for hydroxylation is 1. The van der Waals surface area contributed by atoms with Crippen molar-refractivity contribution in [1.82, 2.24) is 10.2 Å². The Bertz CT molecular complexity index is 1660. The molecule has 8 heteroatoms. The SMILES string of the molecule is Cc1ccc(S(=O)(=O)Nc2ccc(Br)cc2-c2nnc(/C=C/c3ccc4ccccc4c3)o2)cc1. The zero-order valence-corrected chi connectivity index (χ0v) is 21.0. The summed E-state index contributed by atoms with van der Waals surface area (Å²) in [6.45, 7) is 1.90. The van der Waals surface area contributed by atoms with Gasteiger partial charge in [0.25, 0.3) is 10.0 Å². The van der Waals surface area contributed by atoms with Crippen LogP contribution in [0.1, 0.15) is 17.0 Å². The molecule has 0 spiro atoms. The summed E-state index contributed by atoms with van der Waals surface area (Å²) in [7, 11) is -3.80. The second-order valence-corrected chi connectivity index (χ2v) is 10.6. The number of fused-ring (bicyclic) bond motifs is 1. The Morgan fingerprint density at radius 3 is 2.43 bits per heavy atom. The molecule has 6 nitrogen and oxygen atoms in total. The number of rotatable bonds is 6. The van der Waals surface area contributed by atoms with E-state index < -0.39 is 10.0 Å². The van der Waals surface area contributed by atoms with Crippen LogP contribution in [0.15, 0.2) is 98.7 Å². The van der Waals surface area contributed by atoms with Crippen molar-refractivity contribution in [2.75, 3.05) is 4.72 Å². The van der Waals surface area contributed by atoms with E-state index in [0.717, 1.165) is 21.0 Å². The second kappa shape index (κ2) is 9.48. The van der Waals surface area contributed by atoms with Crippen LogP contribution < -0.4 is 4.72 Å². The van der Waals surface area contributed by atoms with Crippen LogP contribution in [0.25, 0.3) is 34.4 Å². The summed E-state index contributed by atoms with van der Waals surface area (Å²) in [5, 5.41) is 10.6. The van der Waals surface area contributed by atoms with Gasteiger partial charge in [-0.05, 0) is 65.7 Å². The third kappa shape index (κ3) is 5.18. The molecular formula is C27H20BrN3O3S. The molecule has 0 radical (unpaired) electrons. The van der Waals surface area contributed by atoms with E-state index in [4.69, 9.17) is 4.42 Å². The van der Waals surface area contributed by atoms with Crippen molar-refractivity contribution in [1.29, 1.82) is 0 Å². The lowest BCUT2D eigenvalue weighted by Gasteiger charge is -2.11. The van der Waals surface area contributed by atoms with Crippen molar-refractivity contribution in [3.8, 4) is 11.5 Å². The highest BCUT2D eigenvalue weighted by Gasteiger charge is 2.19. The van der Waals surface area contributed by atoms with Gasteiger partial charge in [0.2, 0.25) is 11.8 Å². The van der Waals surface area contributed by atoms with Gasteiger partial charge < -0.3 is 4.42 Å². The number of nitrogens with one attached hydrogen (secondary N) is 1. The minimum absolute atomic E-state index is 0.168. The molecule has 174 valence electrons. The van der Waals surface area contributed by atoms with Gasteiger partial charge in [-0.1, -0.05) is 70.0 Å². The van der Waals surface area contributed by atoms with Crippen molar-refractivity contribution in [2.24, 2.45) is 0 Å². The molecule has 0 aliphatic heterocycles. The Kier molecular flexibility index (Phi) is 6.23. The molecule has 0 unspecified atom stereocenters. The normalized spacial score (nSPS) is 11.8. The molecule has 0 fully saturated rings. The standard InChI is InChI=1S/C27H20BrN3O3S/c1-18-6-12-23(13-7-18)35(32,33)31-25-14-11-22(28)17-24(25)27-30-29-26(34-27)15-9-19-8-10-20-4-2-3-5-21(20)16-19/h2-17,31H,1H3/b15-9+. The van der Waals surface area contributed by atoms with E-state index >= 15 is 0 Å². The number of hydrogen-bond acceptors (Lipinski definition) is 5. The van der Waals surface area contributed by atoms with Gasteiger partial charge >= 0.3 is 0 Å². The predicted molar refractivity (Wildman–Crippen MR) is 142 cm³/mol. The molecule has 5 aromatic rings. The van der Waals surface area contributed by atoms with Crippen LogP contribution in [0.3, 0.4) is 0 Å².